The van der Waals surface area contributed by atoms with Gasteiger partial charge in [-0.05, 0) is 59.3 Å². The number of pyridine rings is 2. The van der Waals surface area contributed by atoms with E-state index < -0.39 is 23.5 Å². The minimum absolute atomic E-state index is 0.0356. The van der Waals surface area contributed by atoms with Gasteiger partial charge in [0.25, 0.3) is 5.04 Å². The van der Waals surface area contributed by atoms with Crippen LogP contribution in [0.15, 0.2) is 121 Å². The van der Waals surface area contributed by atoms with Gasteiger partial charge in [0.2, 0.25) is 0 Å². The van der Waals surface area contributed by atoms with Crippen molar-refractivity contribution in [3.63, 3.8) is 0 Å². The fourth-order valence-corrected chi connectivity index (χ4v) is 7.01. The highest BCUT2D eigenvalue weighted by atomic mass is 32.2. The molecule has 14 heteroatoms. The smallest absolute Gasteiger partial charge is 0.293 e. The molecule has 4 aromatic carbocycles. The number of thioether (sulfide) groups is 1. The summed E-state index contributed by atoms with van der Waals surface area (Å²) in [4.78, 5) is 8.85. The fourth-order valence-electron chi connectivity index (χ4n) is 5.52. The molecule has 0 aliphatic carbocycles. The first-order valence-corrected chi connectivity index (χ1v) is 17.0. The Hall–Kier alpha value is -5.73. The van der Waals surface area contributed by atoms with Gasteiger partial charge in [0.15, 0.2) is 5.01 Å². The number of aromatic nitrogens is 4. The predicted octanol–water partition coefficient (Wildman–Crippen LogP) is 9.45. The average molecular weight is 742 g/mol. The Kier molecular flexibility index (Phi) is 9.19. The van der Waals surface area contributed by atoms with Crippen molar-refractivity contribution in [3.05, 3.63) is 144 Å². The quantitative estimate of drug-likeness (QED) is 0.101. The maximum atomic E-state index is 13.7. The van der Waals surface area contributed by atoms with Crippen LogP contribution in [0.3, 0.4) is 0 Å². The van der Waals surface area contributed by atoms with Gasteiger partial charge < -0.3 is 0 Å². The van der Waals surface area contributed by atoms with Gasteiger partial charge >= 0.3 is 12.4 Å². The molecular weight excluding hydrogens is 719 g/mol. The fraction of sp³-hybridized carbons (Fsp3) is 0.0526. The zero-order valence-electron chi connectivity index (χ0n) is 26.5. The van der Waals surface area contributed by atoms with Crippen LogP contribution >= 0.6 is 23.1 Å². The Labute approximate surface area is 300 Å². The van der Waals surface area contributed by atoms with Gasteiger partial charge in [-0.2, -0.15) is 26.3 Å². The lowest BCUT2D eigenvalue weighted by atomic mass is 10.0. The number of nitrogens with zero attached hydrogens (tertiary/aromatic N) is 4. The number of fused-ring (bicyclic) bond motifs is 1. The van der Waals surface area contributed by atoms with Crippen LogP contribution in [0.4, 0.5) is 26.3 Å². The molecule has 0 fully saturated rings. The molecule has 0 aliphatic heterocycles. The van der Waals surface area contributed by atoms with E-state index >= 15 is 0 Å². The number of alkyl halides is 6. The first-order valence-electron chi connectivity index (χ1n) is 15.4. The van der Waals surface area contributed by atoms with Crippen molar-refractivity contribution in [2.45, 2.75) is 12.4 Å². The van der Waals surface area contributed by atoms with Crippen molar-refractivity contribution >= 4 is 44.0 Å². The van der Waals surface area contributed by atoms with Gasteiger partial charge in [0.05, 0.1) is 22.5 Å². The molecule has 0 spiro atoms. The molecule has 0 aliphatic rings. The number of benzene rings is 4. The maximum Gasteiger partial charge on any atom is 0.417 e. The summed E-state index contributed by atoms with van der Waals surface area (Å²) in [5.41, 5.74) is 0.469. The van der Waals surface area contributed by atoms with Crippen LogP contribution in [0.5, 0.6) is 0 Å². The highest BCUT2D eigenvalue weighted by molar-refractivity contribution is 8.27. The number of hydrogen-bond acceptors (Lipinski definition) is 7. The van der Waals surface area contributed by atoms with Crippen LogP contribution in [0.2, 0.25) is 0 Å². The third kappa shape index (κ3) is 7.20. The summed E-state index contributed by atoms with van der Waals surface area (Å²) in [6.45, 7) is 0. The van der Waals surface area contributed by atoms with E-state index in [2.05, 4.69) is 20.2 Å². The lowest BCUT2D eigenvalue weighted by Crippen LogP contribution is -2.39. The van der Waals surface area contributed by atoms with Crippen molar-refractivity contribution < 1.29 is 31.8 Å². The summed E-state index contributed by atoms with van der Waals surface area (Å²) in [7, 11) is 0. The molecule has 0 amide bonds. The lowest BCUT2D eigenvalue weighted by molar-refractivity contribution is -0.137. The zero-order valence-corrected chi connectivity index (χ0v) is 28.1. The van der Waals surface area contributed by atoms with E-state index in [4.69, 9.17) is 10.8 Å². The van der Waals surface area contributed by atoms with E-state index in [1.807, 2.05) is 30.3 Å². The Morgan fingerprint density at radius 2 is 1.17 bits per heavy atom. The second-order valence-corrected chi connectivity index (χ2v) is 13.4. The first kappa shape index (κ1) is 34.7. The topological polar surface area (TPSA) is 101 Å². The van der Waals surface area contributed by atoms with Crippen LogP contribution in [-0.4, -0.2) is 30.3 Å². The van der Waals surface area contributed by atoms with Crippen molar-refractivity contribution in [1.29, 1.82) is 5.41 Å². The van der Waals surface area contributed by atoms with Gasteiger partial charge in [-0.3, -0.25) is 5.41 Å². The van der Waals surface area contributed by atoms with Crippen LogP contribution in [0.1, 0.15) is 22.4 Å². The molecule has 258 valence electrons. The van der Waals surface area contributed by atoms with Crippen LogP contribution in [-0.2, 0) is 12.4 Å². The van der Waals surface area contributed by atoms with Crippen molar-refractivity contribution in [2.75, 3.05) is 0 Å². The SMILES string of the molecule is N=C(SC(=[NH2+])c1cccc(-c2ccccc2C(F)(F)F)n1)c1ccc2ccc(-c3nnc(-c4cccc(-c5ccccc5C(F)(F)F)n4)s3)cc2c1. The van der Waals surface area contributed by atoms with Crippen LogP contribution in [0, 0.1) is 5.41 Å². The molecular formula is C38H23F6N6S2+. The summed E-state index contributed by atoms with van der Waals surface area (Å²) >= 11 is 2.17. The largest absolute Gasteiger partial charge is 0.417 e. The molecule has 7 rings (SSSR count). The first-order chi connectivity index (χ1) is 24.8. The molecule has 0 unspecified atom stereocenters. The standard InChI is InChI=1S/C38H22F6N6S2/c39-37(40,41)27-9-3-1-7-25(27)29-11-5-13-31(47-29)34(46)51-33(45)22-17-15-21-16-18-23(20-24(21)19-22)35-49-50-36(52-35)32-14-6-12-30(48-32)26-8-2-4-10-28(26)38(42,43)44/h1-20,45-46H/p+1. The van der Waals surface area contributed by atoms with Gasteiger partial charge in [0, 0.05) is 34.0 Å². The van der Waals surface area contributed by atoms with E-state index in [1.54, 1.807) is 30.3 Å². The number of halogens is 6. The molecule has 7 aromatic rings. The predicted molar refractivity (Wildman–Crippen MR) is 192 cm³/mol. The van der Waals surface area contributed by atoms with Gasteiger partial charge in [-0.15, -0.1) is 10.2 Å². The minimum Gasteiger partial charge on any atom is -0.293 e. The van der Waals surface area contributed by atoms with Crippen LogP contribution in [0.25, 0.3) is 54.6 Å². The normalized spacial score (nSPS) is 11.9. The summed E-state index contributed by atoms with van der Waals surface area (Å²) in [6, 6.07) is 31.0. The Bertz CT molecular complexity index is 2490. The second kappa shape index (κ2) is 13.8. The summed E-state index contributed by atoms with van der Waals surface area (Å²) in [5, 5.41) is 26.6. The second-order valence-electron chi connectivity index (χ2n) is 11.4. The van der Waals surface area contributed by atoms with E-state index in [9.17, 15) is 26.3 Å². The molecule has 0 atom stereocenters. The zero-order chi connectivity index (χ0) is 36.6. The monoisotopic (exact) mass is 741 g/mol. The molecule has 0 saturated heterocycles. The average Bonchev–Trinajstić information content (AvgIpc) is 3.64. The van der Waals surface area contributed by atoms with E-state index in [0.717, 1.165) is 40.2 Å². The van der Waals surface area contributed by atoms with E-state index in [0.29, 0.717) is 21.3 Å². The molecule has 0 saturated carbocycles. The maximum absolute atomic E-state index is 13.7. The molecule has 3 aromatic heterocycles. The number of nitrogens with two attached hydrogens (primary N) is 1. The number of nitrogens with one attached hydrogen (secondary N) is 1. The van der Waals surface area contributed by atoms with Crippen LogP contribution < -0.4 is 5.41 Å². The molecule has 0 radical (unpaired) electrons. The Balaban J connectivity index is 1.11. The Morgan fingerprint density at radius 1 is 0.596 bits per heavy atom. The van der Waals surface area contributed by atoms with Gasteiger partial charge in [-0.25, -0.2) is 15.4 Å². The van der Waals surface area contributed by atoms with Gasteiger partial charge in [-0.1, -0.05) is 84.1 Å². The van der Waals surface area contributed by atoms with E-state index in [-0.39, 0.29) is 38.3 Å². The minimum atomic E-state index is -4.56. The summed E-state index contributed by atoms with van der Waals surface area (Å²) < 4.78 is 81.9. The molecule has 3 N–H and O–H groups in total. The van der Waals surface area contributed by atoms with Crippen molar-refractivity contribution in [3.8, 4) is 43.8 Å². The number of rotatable bonds is 6. The molecule has 0 bridgehead atoms. The third-order valence-electron chi connectivity index (χ3n) is 7.97. The van der Waals surface area contributed by atoms with Gasteiger partial charge in [0.1, 0.15) is 21.4 Å². The van der Waals surface area contributed by atoms with Crippen molar-refractivity contribution in [1.82, 2.24) is 20.2 Å². The Morgan fingerprint density at radius 3 is 1.85 bits per heavy atom. The molecule has 6 nitrogen and oxygen atoms in total. The molecule has 52 heavy (non-hydrogen) atoms. The summed E-state index contributed by atoms with van der Waals surface area (Å²) in [5.74, 6) is 0. The lowest BCUT2D eigenvalue weighted by Gasteiger charge is -2.12. The highest BCUT2D eigenvalue weighted by Crippen LogP contribution is 2.39. The molecule has 3 heterocycles. The third-order valence-corrected chi connectivity index (χ3v) is 9.84. The highest BCUT2D eigenvalue weighted by Gasteiger charge is 2.34. The van der Waals surface area contributed by atoms with E-state index in [1.165, 1.54) is 59.9 Å². The summed E-state index contributed by atoms with van der Waals surface area (Å²) in [6.07, 6.45) is -9.10. The number of hydrogen-bond donors (Lipinski definition) is 2. The van der Waals surface area contributed by atoms with Crippen molar-refractivity contribution in [2.24, 2.45) is 0 Å².